The highest BCUT2D eigenvalue weighted by atomic mass is 31.2. The molecule has 0 aliphatic heterocycles. The van der Waals surface area contributed by atoms with Gasteiger partial charge in [-0.15, -0.1) is 0 Å². The van der Waals surface area contributed by atoms with E-state index in [0.29, 0.717) is 31.6 Å². The molecule has 0 aromatic rings. The molecule has 0 saturated carbocycles. The van der Waals surface area contributed by atoms with Crippen molar-refractivity contribution in [3.05, 3.63) is 0 Å². The first kappa shape index (κ1) is 98.1. The summed E-state index contributed by atoms with van der Waals surface area (Å²) in [4.78, 5) is 73.0. The Hall–Kier alpha value is -1.94. The first-order valence-electron chi connectivity index (χ1n) is 42.0. The lowest BCUT2D eigenvalue weighted by atomic mass is 9.99. The third kappa shape index (κ3) is 73.0. The van der Waals surface area contributed by atoms with Crippen molar-refractivity contribution in [3.8, 4) is 0 Å². The van der Waals surface area contributed by atoms with Crippen molar-refractivity contribution in [2.24, 2.45) is 11.8 Å². The number of carbonyl (C=O) groups is 4. The standard InChI is InChI=1S/C81H158O17P2/c1-7-10-12-14-16-18-20-22-23-24-25-26-27-28-34-38-42-46-54-60-66-80(85)97-76(69-91-78(83)63-57-51-44-40-36-33-30-29-32-35-39-43-50-56-62-74(6)9-3)71-95-99(87,88)93-67-75(82)68-94-100(89,90)96-72-77(70-92-79(84)64-58-52-48-47-49-55-61-73(4)5)98-81(86)65-59-53-45-41-37-31-21-19-17-15-13-11-8-2/h73-77,82H,7-72H2,1-6H3,(H,87,88)(H,89,90)/t74?,75-,76-,77-/m1/s1. The SMILES string of the molecule is CCCCCCCCCCCCCCCCCCCCCCC(=O)O[C@H](COC(=O)CCCCCCCCCCCCCCCCC(C)CC)COP(=O)(O)OC[C@@H](O)COP(=O)(O)OC[C@@H](COC(=O)CCCCCCCCC(C)C)OC(=O)CCCCCCCCCCCCCCC. The van der Waals surface area contributed by atoms with Crippen molar-refractivity contribution >= 4 is 39.5 Å². The fraction of sp³-hybridized carbons (Fsp3) is 0.951. The van der Waals surface area contributed by atoms with Gasteiger partial charge in [-0.25, -0.2) is 9.13 Å². The molecule has 0 spiro atoms. The number of hydrogen-bond donors (Lipinski definition) is 3. The van der Waals surface area contributed by atoms with Gasteiger partial charge >= 0.3 is 39.5 Å². The van der Waals surface area contributed by atoms with Crippen LogP contribution in [0.25, 0.3) is 0 Å². The highest BCUT2D eigenvalue weighted by Crippen LogP contribution is 2.45. The minimum Gasteiger partial charge on any atom is -0.462 e. The van der Waals surface area contributed by atoms with Crippen LogP contribution in [0, 0.1) is 11.8 Å². The average molecular weight is 1470 g/mol. The Morgan fingerprint density at radius 1 is 0.290 bits per heavy atom. The van der Waals surface area contributed by atoms with Gasteiger partial charge in [0.2, 0.25) is 0 Å². The summed E-state index contributed by atoms with van der Waals surface area (Å²) in [5.41, 5.74) is 0. The second-order valence-electron chi connectivity index (χ2n) is 29.9. The number of unbranched alkanes of at least 4 members (excludes halogenated alkanes) is 49. The van der Waals surface area contributed by atoms with Gasteiger partial charge in [0, 0.05) is 25.7 Å². The van der Waals surface area contributed by atoms with Crippen LogP contribution in [-0.4, -0.2) is 96.7 Å². The monoisotopic (exact) mass is 1470 g/mol. The Morgan fingerprint density at radius 2 is 0.510 bits per heavy atom. The highest BCUT2D eigenvalue weighted by Gasteiger charge is 2.30. The smallest absolute Gasteiger partial charge is 0.462 e. The molecule has 100 heavy (non-hydrogen) atoms. The van der Waals surface area contributed by atoms with Crippen LogP contribution in [0.1, 0.15) is 427 Å². The summed E-state index contributed by atoms with van der Waals surface area (Å²) in [6.45, 7) is 9.61. The number of aliphatic hydroxyl groups excluding tert-OH is 1. The van der Waals surface area contributed by atoms with Gasteiger partial charge in [-0.1, -0.05) is 375 Å². The van der Waals surface area contributed by atoms with Crippen LogP contribution in [0.3, 0.4) is 0 Å². The van der Waals surface area contributed by atoms with E-state index in [4.69, 9.17) is 37.0 Å². The molecule has 3 unspecified atom stereocenters. The van der Waals surface area contributed by atoms with E-state index in [1.54, 1.807) is 0 Å². The summed E-state index contributed by atoms with van der Waals surface area (Å²) < 4.78 is 68.7. The molecule has 3 N–H and O–H groups in total. The van der Waals surface area contributed by atoms with Crippen molar-refractivity contribution in [2.75, 3.05) is 39.6 Å². The third-order valence-electron chi connectivity index (χ3n) is 19.3. The van der Waals surface area contributed by atoms with Gasteiger partial charge < -0.3 is 33.8 Å². The maximum Gasteiger partial charge on any atom is 0.472 e. The minimum atomic E-state index is -4.96. The second kappa shape index (κ2) is 72.6. The Bertz CT molecular complexity index is 1930. The summed E-state index contributed by atoms with van der Waals surface area (Å²) in [6.07, 6.45) is 62.6. The summed E-state index contributed by atoms with van der Waals surface area (Å²) >= 11 is 0. The van der Waals surface area contributed by atoms with Crippen LogP contribution < -0.4 is 0 Å². The predicted octanol–water partition coefficient (Wildman–Crippen LogP) is 24.3. The molecule has 0 heterocycles. The average Bonchev–Trinajstić information content (AvgIpc) is 0.921. The van der Waals surface area contributed by atoms with E-state index in [0.717, 1.165) is 102 Å². The largest absolute Gasteiger partial charge is 0.472 e. The zero-order valence-electron chi connectivity index (χ0n) is 65.5. The van der Waals surface area contributed by atoms with Crippen molar-refractivity contribution in [2.45, 2.75) is 445 Å². The minimum absolute atomic E-state index is 0.107. The number of ether oxygens (including phenoxy) is 4. The number of hydrogen-bond acceptors (Lipinski definition) is 15. The van der Waals surface area contributed by atoms with Gasteiger partial charge in [-0.3, -0.25) is 37.3 Å². The van der Waals surface area contributed by atoms with Crippen LogP contribution in [-0.2, 0) is 65.4 Å². The van der Waals surface area contributed by atoms with Crippen molar-refractivity contribution < 1.29 is 80.2 Å². The number of carbonyl (C=O) groups excluding carboxylic acids is 4. The van der Waals surface area contributed by atoms with Gasteiger partial charge in [0.1, 0.15) is 19.3 Å². The van der Waals surface area contributed by atoms with Crippen molar-refractivity contribution in [3.63, 3.8) is 0 Å². The van der Waals surface area contributed by atoms with Crippen LogP contribution in [0.4, 0.5) is 0 Å². The molecule has 19 heteroatoms. The Labute approximate surface area is 613 Å². The van der Waals surface area contributed by atoms with Crippen molar-refractivity contribution in [1.82, 2.24) is 0 Å². The first-order valence-corrected chi connectivity index (χ1v) is 45.0. The molecule has 0 bridgehead atoms. The van der Waals surface area contributed by atoms with E-state index in [2.05, 4.69) is 41.5 Å². The molecular formula is C81H158O17P2. The lowest BCUT2D eigenvalue weighted by Crippen LogP contribution is -2.30. The molecule has 17 nitrogen and oxygen atoms in total. The zero-order chi connectivity index (χ0) is 73.5. The molecule has 0 saturated heterocycles. The fourth-order valence-electron chi connectivity index (χ4n) is 12.5. The molecule has 594 valence electrons. The lowest BCUT2D eigenvalue weighted by Gasteiger charge is -2.21. The maximum atomic E-state index is 13.1. The highest BCUT2D eigenvalue weighted by molar-refractivity contribution is 7.47. The molecule has 6 atom stereocenters. The molecule has 0 rings (SSSR count). The fourth-order valence-corrected chi connectivity index (χ4v) is 14.1. The molecule has 0 aromatic carbocycles. The van der Waals surface area contributed by atoms with E-state index in [9.17, 15) is 43.2 Å². The molecule has 0 fully saturated rings. The van der Waals surface area contributed by atoms with Gasteiger partial charge in [0.15, 0.2) is 12.2 Å². The zero-order valence-corrected chi connectivity index (χ0v) is 67.3. The summed E-state index contributed by atoms with van der Waals surface area (Å²) in [7, 11) is -9.92. The number of esters is 4. The van der Waals surface area contributed by atoms with Crippen LogP contribution in [0.15, 0.2) is 0 Å². The summed E-state index contributed by atoms with van der Waals surface area (Å²) in [5.74, 6) is -0.581. The number of aliphatic hydroxyl groups is 1. The van der Waals surface area contributed by atoms with Gasteiger partial charge in [-0.05, 0) is 37.5 Å². The summed E-state index contributed by atoms with van der Waals surface area (Å²) in [5, 5.41) is 10.6. The van der Waals surface area contributed by atoms with Gasteiger partial charge in [-0.2, -0.15) is 0 Å². The molecule has 0 amide bonds. The maximum absolute atomic E-state index is 13.1. The van der Waals surface area contributed by atoms with E-state index >= 15 is 0 Å². The van der Waals surface area contributed by atoms with Crippen molar-refractivity contribution in [1.29, 1.82) is 0 Å². The van der Waals surface area contributed by atoms with E-state index < -0.39 is 97.5 Å². The van der Waals surface area contributed by atoms with Crippen LogP contribution in [0.2, 0.25) is 0 Å². The molecule has 0 aromatic heterocycles. The van der Waals surface area contributed by atoms with Crippen LogP contribution >= 0.6 is 15.6 Å². The Kier molecular flexibility index (Phi) is 71.2. The van der Waals surface area contributed by atoms with E-state index in [-0.39, 0.29) is 25.7 Å². The Morgan fingerprint density at radius 3 is 0.760 bits per heavy atom. The Balaban J connectivity index is 5.21. The second-order valence-corrected chi connectivity index (χ2v) is 32.8. The topological polar surface area (TPSA) is 237 Å². The number of phosphoric acid groups is 2. The number of phosphoric ester groups is 2. The van der Waals surface area contributed by atoms with Gasteiger partial charge in [0.05, 0.1) is 26.4 Å². The molecule has 0 aliphatic carbocycles. The summed E-state index contributed by atoms with van der Waals surface area (Å²) in [6, 6.07) is 0. The lowest BCUT2D eigenvalue weighted by molar-refractivity contribution is -0.161. The molecule has 0 radical (unpaired) electrons. The van der Waals surface area contributed by atoms with Crippen LogP contribution in [0.5, 0.6) is 0 Å². The predicted molar refractivity (Wildman–Crippen MR) is 409 cm³/mol. The number of rotatable bonds is 80. The molecule has 0 aliphatic rings. The third-order valence-corrected chi connectivity index (χ3v) is 21.2. The van der Waals surface area contributed by atoms with E-state index in [1.807, 2.05) is 0 Å². The normalized spacial score (nSPS) is 14.2. The quantitative estimate of drug-likeness (QED) is 0.0222. The first-order chi connectivity index (χ1) is 48.4. The van der Waals surface area contributed by atoms with Gasteiger partial charge in [0.25, 0.3) is 0 Å². The molecular weight excluding hydrogens is 1310 g/mol. The van der Waals surface area contributed by atoms with E-state index in [1.165, 1.54) is 238 Å².